The van der Waals surface area contributed by atoms with Gasteiger partial charge in [-0.05, 0) is 19.1 Å². The molecule has 116 valence electrons. The van der Waals surface area contributed by atoms with E-state index >= 15 is 0 Å². The van der Waals surface area contributed by atoms with Gasteiger partial charge in [0.15, 0.2) is 5.82 Å². The lowest BCUT2D eigenvalue weighted by Gasteiger charge is -2.10. The minimum atomic E-state index is -0.214. The lowest BCUT2D eigenvalue weighted by atomic mass is 10.2. The van der Waals surface area contributed by atoms with Crippen LogP contribution in [-0.2, 0) is 4.74 Å². The number of ether oxygens (including phenoxy) is 1. The molecule has 3 aromatic rings. The maximum Gasteiger partial charge on any atom is 0.282 e. The van der Waals surface area contributed by atoms with Crippen LogP contribution in [0, 0.1) is 0 Å². The molecule has 3 rings (SSSR count). The van der Waals surface area contributed by atoms with E-state index in [-0.39, 0.29) is 5.56 Å². The molecular weight excluding hydrogens is 290 g/mol. The summed E-state index contributed by atoms with van der Waals surface area (Å²) in [5.41, 5.74) is 1.26. The van der Waals surface area contributed by atoms with E-state index in [9.17, 15) is 4.79 Å². The summed E-state index contributed by atoms with van der Waals surface area (Å²) in [7, 11) is 0. The predicted molar refractivity (Wildman–Crippen MR) is 91.6 cm³/mol. The minimum absolute atomic E-state index is 0.214. The average molecular weight is 307 g/mol. The van der Waals surface area contributed by atoms with E-state index < -0.39 is 0 Å². The monoisotopic (exact) mass is 307 g/mol. The molecule has 0 spiro atoms. The largest absolute Gasteiger partial charge is 0.480 e. The van der Waals surface area contributed by atoms with Gasteiger partial charge in [0.25, 0.3) is 5.56 Å². The molecule has 0 N–H and O–H groups in total. The Hall–Kier alpha value is -2.95. The second kappa shape index (κ2) is 6.44. The molecule has 2 aromatic carbocycles. The van der Waals surface area contributed by atoms with Gasteiger partial charge in [0.2, 0.25) is 5.90 Å². The topological polar surface area (TPSA) is 56.5 Å². The van der Waals surface area contributed by atoms with E-state index in [1.807, 2.05) is 55.5 Å². The van der Waals surface area contributed by atoms with Crippen LogP contribution in [0.2, 0.25) is 0 Å². The van der Waals surface area contributed by atoms with Crippen LogP contribution in [-0.4, -0.2) is 22.2 Å². The van der Waals surface area contributed by atoms with Gasteiger partial charge in [-0.1, -0.05) is 42.5 Å². The van der Waals surface area contributed by atoms with Gasteiger partial charge in [-0.15, -0.1) is 5.10 Å². The molecule has 0 bridgehead atoms. The van der Waals surface area contributed by atoms with Crippen LogP contribution in [0.25, 0.3) is 22.3 Å². The second-order valence-corrected chi connectivity index (χ2v) is 4.99. The van der Waals surface area contributed by atoms with Crippen molar-refractivity contribution < 1.29 is 4.74 Å². The third-order valence-corrected chi connectivity index (χ3v) is 3.38. The normalized spacial score (nSPS) is 11.7. The number of hydrogen-bond donors (Lipinski definition) is 0. The fourth-order valence-electron chi connectivity index (χ4n) is 2.37. The zero-order valence-electron chi connectivity index (χ0n) is 13.1. The SMILES string of the molecule is CCO/C(C)=N/n1c(-c2ccccc2)nc2ccccc2c1=O. The van der Waals surface area contributed by atoms with Crippen molar-refractivity contribution in [1.82, 2.24) is 9.66 Å². The number of benzene rings is 2. The van der Waals surface area contributed by atoms with Gasteiger partial charge < -0.3 is 4.74 Å². The summed E-state index contributed by atoms with van der Waals surface area (Å²) in [6.07, 6.45) is 0. The maximum atomic E-state index is 12.8. The summed E-state index contributed by atoms with van der Waals surface area (Å²) < 4.78 is 6.67. The Labute approximate surface area is 133 Å². The van der Waals surface area contributed by atoms with E-state index in [0.29, 0.717) is 29.2 Å². The lowest BCUT2D eigenvalue weighted by molar-refractivity contribution is 0.321. The van der Waals surface area contributed by atoms with Crippen molar-refractivity contribution in [2.45, 2.75) is 13.8 Å². The van der Waals surface area contributed by atoms with Gasteiger partial charge in [0, 0.05) is 12.5 Å². The third-order valence-electron chi connectivity index (χ3n) is 3.38. The van der Waals surface area contributed by atoms with E-state index in [1.165, 1.54) is 4.68 Å². The van der Waals surface area contributed by atoms with E-state index in [4.69, 9.17) is 4.74 Å². The molecule has 0 aliphatic carbocycles. The molecule has 0 aliphatic heterocycles. The van der Waals surface area contributed by atoms with Crippen molar-refractivity contribution >= 4 is 16.8 Å². The Morgan fingerprint density at radius 3 is 2.57 bits per heavy atom. The first kappa shape index (κ1) is 15.0. The van der Waals surface area contributed by atoms with Crippen molar-refractivity contribution in [3.05, 3.63) is 65.0 Å². The molecule has 0 radical (unpaired) electrons. The quantitative estimate of drug-likeness (QED) is 0.551. The first-order chi connectivity index (χ1) is 11.2. The van der Waals surface area contributed by atoms with Crippen molar-refractivity contribution in [2.24, 2.45) is 5.10 Å². The van der Waals surface area contributed by atoms with Crippen molar-refractivity contribution in [3.8, 4) is 11.4 Å². The van der Waals surface area contributed by atoms with Crippen molar-refractivity contribution in [1.29, 1.82) is 0 Å². The van der Waals surface area contributed by atoms with E-state index in [0.717, 1.165) is 5.56 Å². The van der Waals surface area contributed by atoms with Crippen LogP contribution in [0.4, 0.5) is 0 Å². The van der Waals surface area contributed by atoms with Gasteiger partial charge in [-0.25, -0.2) is 4.98 Å². The first-order valence-corrected chi connectivity index (χ1v) is 7.46. The molecular formula is C18H17N3O2. The molecule has 0 unspecified atom stereocenters. The molecule has 0 amide bonds. The molecule has 0 atom stereocenters. The predicted octanol–water partition coefficient (Wildman–Crippen LogP) is 3.28. The number of aromatic nitrogens is 2. The summed E-state index contributed by atoms with van der Waals surface area (Å²) in [4.78, 5) is 17.4. The molecule has 0 fully saturated rings. The summed E-state index contributed by atoms with van der Waals surface area (Å²) in [6.45, 7) is 4.09. The Bertz CT molecular complexity index is 914. The average Bonchev–Trinajstić information content (AvgIpc) is 2.58. The van der Waals surface area contributed by atoms with Crippen LogP contribution in [0.1, 0.15) is 13.8 Å². The highest BCUT2D eigenvalue weighted by Crippen LogP contribution is 2.18. The first-order valence-electron chi connectivity index (χ1n) is 7.46. The van der Waals surface area contributed by atoms with Gasteiger partial charge in [-0.2, -0.15) is 4.68 Å². The standard InChI is InChI=1S/C18H17N3O2/c1-3-23-13(2)20-21-17(14-9-5-4-6-10-14)19-16-12-8-7-11-15(16)18(21)22/h4-12H,3H2,1-2H3/b20-13+. The summed E-state index contributed by atoms with van der Waals surface area (Å²) >= 11 is 0. The molecule has 0 saturated carbocycles. The van der Waals surface area contributed by atoms with Gasteiger partial charge in [0.05, 0.1) is 17.5 Å². The summed E-state index contributed by atoms with van der Waals surface area (Å²) in [6, 6.07) is 16.8. The number of fused-ring (bicyclic) bond motifs is 1. The highest BCUT2D eigenvalue weighted by molar-refractivity contribution is 5.80. The summed E-state index contributed by atoms with van der Waals surface area (Å²) in [5.74, 6) is 0.914. The molecule has 5 heteroatoms. The Kier molecular flexibility index (Phi) is 4.19. The zero-order chi connectivity index (χ0) is 16.2. The number of hydrogen-bond acceptors (Lipinski definition) is 4. The highest BCUT2D eigenvalue weighted by Gasteiger charge is 2.12. The zero-order valence-corrected chi connectivity index (χ0v) is 13.1. The fraction of sp³-hybridized carbons (Fsp3) is 0.167. The number of nitrogens with zero attached hydrogens (tertiary/aromatic N) is 3. The van der Waals surface area contributed by atoms with Crippen LogP contribution < -0.4 is 5.56 Å². The van der Waals surface area contributed by atoms with Crippen LogP contribution in [0.15, 0.2) is 64.5 Å². The fourth-order valence-corrected chi connectivity index (χ4v) is 2.37. The minimum Gasteiger partial charge on any atom is -0.480 e. The second-order valence-electron chi connectivity index (χ2n) is 4.99. The molecule has 5 nitrogen and oxygen atoms in total. The Morgan fingerprint density at radius 2 is 1.83 bits per heavy atom. The van der Waals surface area contributed by atoms with Gasteiger partial charge >= 0.3 is 0 Å². The van der Waals surface area contributed by atoms with Gasteiger partial charge in [0.1, 0.15) is 0 Å². The number of rotatable bonds is 3. The third kappa shape index (κ3) is 2.99. The maximum absolute atomic E-state index is 12.8. The van der Waals surface area contributed by atoms with Crippen molar-refractivity contribution in [3.63, 3.8) is 0 Å². The van der Waals surface area contributed by atoms with E-state index in [1.54, 1.807) is 13.0 Å². The summed E-state index contributed by atoms with van der Waals surface area (Å²) in [5, 5.41) is 4.84. The molecule has 0 aliphatic rings. The molecule has 0 saturated heterocycles. The lowest BCUT2D eigenvalue weighted by Crippen LogP contribution is -2.21. The Morgan fingerprint density at radius 1 is 1.13 bits per heavy atom. The van der Waals surface area contributed by atoms with Crippen LogP contribution in [0.3, 0.4) is 0 Å². The van der Waals surface area contributed by atoms with Crippen LogP contribution >= 0.6 is 0 Å². The van der Waals surface area contributed by atoms with Crippen LogP contribution in [0.5, 0.6) is 0 Å². The highest BCUT2D eigenvalue weighted by atomic mass is 16.5. The molecule has 1 heterocycles. The molecule has 23 heavy (non-hydrogen) atoms. The number of para-hydroxylation sites is 1. The van der Waals surface area contributed by atoms with Gasteiger partial charge in [-0.3, -0.25) is 4.79 Å². The Balaban J connectivity index is 2.32. The smallest absolute Gasteiger partial charge is 0.282 e. The van der Waals surface area contributed by atoms with E-state index in [2.05, 4.69) is 10.1 Å². The van der Waals surface area contributed by atoms with Crippen molar-refractivity contribution in [2.75, 3.05) is 6.61 Å². The molecule has 1 aromatic heterocycles.